The van der Waals surface area contributed by atoms with Gasteiger partial charge in [-0.3, -0.25) is 9.69 Å². The average Bonchev–Trinajstić information content (AvgIpc) is 2.92. The van der Waals surface area contributed by atoms with E-state index in [-0.39, 0.29) is 11.8 Å². The molecule has 0 aromatic heterocycles. The quantitative estimate of drug-likeness (QED) is 0.377. The van der Waals surface area contributed by atoms with Gasteiger partial charge in [0.15, 0.2) is 0 Å². The van der Waals surface area contributed by atoms with Crippen LogP contribution in [0, 0.1) is 11.3 Å². The number of hydrogen-bond donors (Lipinski definition) is 0. The summed E-state index contributed by atoms with van der Waals surface area (Å²) in [6, 6.07) is 19.9. The maximum atomic E-state index is 13.7. The van der Waals surface area contributed by atoms with E-state index in [0.717, 1.165) is 68.6 Å². The largest absolute Gasteiger partial charge is 0.341 e. The predicted molar refractivity (Wildman–Crippen MR) is 159 cm³/mol. The minimum atomic E-state index is -0.0903. The highest BCUT2D eigenvalue weighted by Crippen LogP contribution is 2.30. The Morgan fingerprint density at radius 1 is 1.05 bits per heavy atom. The first-order valence-corrected chi connectivity index (χ1v) is 14.4. The molecule has 2 aliphatic heterocycles. The van der Waals surface area contributed by atoms with Gasteiger partial charge in [0.2, 0.25) is 0 Å². The molecular weight excluding hydrogens is 529 g/mol. The Bertz CT molecular complexity index is 1380. The number of likely N-dealkylation sites (tertiary alicyclic amines) is 1. The predicted octanol–water partition coefficient (Wildman–Crippen LogP) is 5.20. The number of fused-ring (bicyclic) bond motifs is 1. The number of amides is 1. The lowest BCUT2D eigenvalue weighted by molar-refractivity contribution is 0.00807. The van der Waals surface area contributed by atoms with E-state index in [1.54, 1.807) is 11.0 Å². The summed E-state index contributed by atoms with van der Waals surface area (Å²) in [4.78, 5) is 23.0. The minimum absolute atomic E-state index is 0.0903. The zero-order chi connectivity index (χ0) is 27.5. The summed E-state index contributed by atoms with van der Waals surface area (Å²) in [5, 5.41) is 12.3. The standard InChI is InChI=1S/C31H35Cl2N5O/c1-35-11-13-38(14-12-35)26-20-37(21-26)10-9-25(23-7-8-29(32)30(33)17-23)19-36(2)31(39)28-16-22(18-34)15-24-5-3-4-6-27(24)28/h3-8,15-17,25-26H,9-14,19-21H2,1-2H3/t25-/m1/s1. The Morgan fingerprint density at radius 3 is 2.51 bits per heavy atom. The van der Waals surface area contributed by atoms with Crippen LogP contribution >= 0.6 is 23.2 Å². The van der Waals surface area contributed by atoms with Crippen LogP contribution in [0.1, 0.15) is 33.8 Å². The lowest BCUT2D eigenvalue weighted by Crippen LogP contribution is -2.62. The summed E-state index contributed by atoms with van der Waals surface area (Å²) < 4.78 is 0. The van der Waals surface area contributed by atoms with Gasteiger partial charge < -0.3 is 14.7 Å². The molecule has 2 saturated heterocycles. The third-order valence-corrected chi connectivity index (χ3v) is 9.00. The molecule has 3 aromatic rings. The monoisotopic (exact) mass is 563 g/mol. The highest BCUT2D eigenvalue weighted by atomic mass is 35.5. The maximum absolute atomic E-state index is 13.7. The molecule has 0 spiro atoms. The third kappa shape index (κ3) is 6.40. The second kappa shape index (κ2) is 12.2. The molecule has 2 heterocycles. The van der Waals surface area contributed by atoms with Gasteiger partial charge in [-0.25, -0.2) is 0 Å². The number of carbonyl (C=O) groups is 1. The number of carbonyl (C=O) groups excluding carboxylic acids is 1. The molecular formula is C31H35Cl2N5O. The molecule has 0 saturated carbocycles. The Hall–Kier alpha value is -2.66. The van der Waals surface area contributed by atoms with E-state index < -0.39 is 0 Å². The summed E-state index contributed by atoms with van der Waals surface area (Å²) in [5.41, 5.74) is 2.12. The van der Waals surface area contributed by atoms with Crippen LogP contribution in [0.3, 0.4) is 0 Å². The van der Waals surface area contributed by atoms with Crippen LogP contribution < -0.4 is 0 Å². The first-order valence-electron chi connectivity index (χ1n) is 13.6. The number of piperazine rings is 1. The Morgan fingerprint density at radius 2 is 1.79 bits per heavy atom. The molecule has 1 amide bonds. The molecule has 2 aliphatic rings. The van der Waals surface area contributed by atoms with Crippen molar-refractivity contribution < 1.29 is 4.79 Å². The lowest BCUT2D eigenvalue weighted by Gasteiger charge is -2.48. The van der Waals surface area contributed by atoms with Gasteiger partial charge in [-0.15, -0.1) is 0 Å². The second-order valence-corrected chi connectivity index (χ2v) is 11.8. The van der Waals surface area contributed by atoms with E-state index in [1.807, 2.05) is 55.6 Å². The number of nitriles is 1. The zero-order valence-corrected chi connectivity index (χ0v) is 24.1. The summed E-state index contributed by atoms with van der Waals surface area (Å²) in [6.45, 7) is 8.28. The van der Waals surface area contributed by atoms with Crippen LogP contribution in [0.2, 0.25) is 10.0 Å². The fourth-order valence-corrected chi connectivity index (χ4v) is 6.09. The van der Waals surface area contributed by atoms with Gasteiger partial charge in [-0.05, 0) is 60.6 Å². The molecule has 0 radical (unpaired) electrons. The van der Waals surface area contributed by atoms with Crippen molar-refractivity contribution in [1.29, 1.82) is 5.26 Å². The first kappa shape index (κ1) is 27.9. The van der Waals surface area contributed by atoms with Crippen LogP contribution in [0.5, 0.6) is 0 Å². The maximum Gasteiger partial charge on any atom is 0.254 e. The molecule has 3 aromatic carbocycles. The molecule has 0 N–H and O–H groups in total. The molecule has 0 aliphatic carbocycles. The summed E-state index contributed by atoms with van der Waals surface area (Å²) in [5.74, 6) is 0.00857. The number of nitrogens with zero attached hydrogens (tertiary/aromatic N) is 5. The van der Waals surface area contributed by atoms with Crippen molar-refractivity contribution >= 4 is 39.9 Å². The number of hydrogen-bond acceptors (Lipinski definition) is 5. The summed E-state index contributed by atoms with van der Waals surface area (Å²) in [6.07, 6.45) is 0.907. The van der Waals surface area contributed by atoms with E-state index >= 15 is 0 Å². The number of rotatable bonds is 8. The molecule has 8 heteroatoms. The normalized spacial score (nSPS) is 18.0. The van der Waals surface area contributed by atoms with Gasteiger partial charge >= 0.3 is 0 Å². The third-order valence-electron chi connectivity index (χ3n) is 8.26. The van der Waals surface area contributed by atoms with Gasteiger partial charge in [-0.1, -0.05) is 53.5 Å². The van der Waals surface area contributed by atoms with Gasteiger partial charge in [0.1, 0.15) is 0 Å². The molecule has 0 unspecified atom stereocenters. The Balaban J connectivity index is 1.29. The van der Waals surface area contributed by atoms with Gasteiger partial charge in [0, 0.05) is 70.4 Å². The SMILES string of the molecule is CN1CCN(C2CN(CC[C@H](CN(C)C(=O)c3cc(C#N)cc4ccccc34)c3ccc(Cl)c(Cl)c3)C2)CC1. The molecule has 5 rings (SSSR count). The average molecular weight is 565 g/mol. The lowest BCUT2D eigenvalue weighted by atomic mass is 9.93. The summed E-state index contributed by atoms with van der Waals surface area (Å²) in [7, 11) is 4.03. The van der Waals surface area contributed by atoms with Crippen molar-refractivity contribution in [3.05, 3.63) is 81.3 Å². The topological polar surface area (TPSA) is 53.8 Å². The minimum Gasteiger partial charge on any atom is -0.341 e. The van der Waals surface area contributed by atoms with E-state index in [1.165, 1.54) is 0 Å². The van der Waals surface area contributed by atoms with E-state index in [4.69, 9.17) is 23.2 Å². The molecule has 204 valence electrons. The molecule has 0 bridgehead atoms. The van der Waals surface area contributed by atoms with Crippen LogP contribution in [0.15, 0.2) is 54.6 Å². The molecule has 1 atom stereocenters. The molecule has 2 fully saturated rings. The van der Waals surface area contributed by atoms with E-state index in [2.05, 4.69) is 27.8 Å². The van der Waals surface area contributed by atoms with Crippen molar-refractivity contribution in [3.8, 4) is 6.07 Å². The van der Waals surface area contributed by atoms with Gasteiger partial charge in [0.05, 0.1) is 21.7 Å². The number of halogens is 2. The van der Waals surface area contributed by atoms with Crippen LogP contribution in [0.4, 0.5) is 0 Å². The fourth-order valence-electron chi connectivity index (χ4n) is 5.78. The zero-order valence-electron chi connectivity index (χ0n) is 22.6. The van der Waals surface area contributed by atoms with Crippen LogP contribution in [-0.2, 0) is 0 Å². The van der Waals surface area contributed by atoms with Crippen LogP contribution in [-0.4, -0.2) is 98.0 Å². The van der Waals surface area contributed by atoms with Gasteiger partial charge in [-0.2, -0.15) is 5.26 Å². The highest BCUT2D eigenvalue weighted by Gasteiger charge is 2.33. The van der Waals surface area contributed by atoms with Crippen LogP contribution in [0.25, 0.3) is 10.8 Å². The number of likely N-dealkylation sites (N-methyl/N-ethyl adjacent to an activating group) is 2. The van der Waals surface area contributed by atoms with Crippen molar-refractivity contribution in [2.24, 2.45) is 0 Å². The highest BCUT2D eigenvalue weighted by molar-refractivity contribution is 6.42. The smallest absolute Gasteiger partial charge is 0.254 e. The first-order chi connectivity index (χ1) is 18.8. The summed E-state index contributed by atoms with van der Waals surface area (Å²) >= 11 is 12.6. The van der Waals surface area contributed by atoms with E-state index in [0.29, 0.717) is 33.8 Å². The van der Waals surface area contributed by atoms with E-state index in [9.17, 15) is 10.1 Å². The second-order valence-electron chi connectivity index (χ2n) is 11.0. The number of benzene rings is 3. The fraction of sp³-hybridized carbons (Fsp3) is 0.419. The Labute approximate surface area is 241 Å². The van der Waals surface area contributed by atoms with Crippen molar-refractivity contribution in [1.82, 2.24) is 19.6 Å². The van der Waals surface area contributed by atoms with Crippen molar-refractivity contribution in [3.63, 3.8) is 0 Å². The molecule has 39 heavy (non-hydrogen) atoms. The molecule has 6 nitrogen and oxygen atoms in total. The van der Waals surface area contributed by atoms with Crippen molar-refractivity contribution in [2.45, 2.75) is 18.4 Å². The van der Waals surface area contributed by atoms with Gasteiger partial charge in [0.25, 0.3) is 5.91 Å². The Kier molecular flexibility index (Phi) is 8.76. The van der Waals surface area contributed by atoms with Crippen molar-refractivity contribution in [2.75, 3.05) is 66.5 Å².